The van der Waals surface area contributed by atoms with Crippen LogP contribution in [0.15, 0.2) is 97.2 Å². The number of quaternary nitrogens is 1. The van der Waals surface area contributed by atoms with E-state index < -0.39 is 20.0 Å². The Labute approximate surface area is 375 Å². The molecule has 0 aliphatic rings. The first-order valence-electron chi connectivity index (χ1n) is 24.1. The number of unbranched alkanes of at least 4 members (excludes halogenated alkanes) is 15. The molecule has 1 amide bonds. The number of nitrogens with zero attached hydrogens (tertiary/aromatic N) is 1. The molecule has 9 heteroatoms. The van der Waals surface area contributed by atoms with Gasteiger partial charge in [-0.15, -0.1) is 0 Å². The first-order chi connectivity index (χ1) is 29.5. The monoisotopic (exact) mass is 871 g/mol. The van der Waals surface area contributed by atoms with Crippen molar-refractivity contribution in [1.29, 1.82) is 0 Å². The van der Waals surface area contributed by atoms with Gasteiger partial charge in [0.1, 0.15) is 13.2 Å². The van der Waals surface area contributed by atoms with E-state index in [2.05, 4.69) is 104 Å². The Morgan fingerprint density at radius 1 is 0.590 bits per heavy atom. The van der Waals surface area contributed by atoms with Crippen molar-refractivity contribution in [1.82, 2.24) is 5.32 Å². The quantitative estimate of drug-likeness (QED) is 0.0274. The maximum atomic E-state index is 12.8. The zero-order valence-corrected chi connectivity index (χ0v) is 40.5. The minimum absolute atomic E-state index is 0.00749. The van der Waals surface area contributed by atoms with Gasteiger partial charge >= 0.3 is 0 Å². The summed E-state index contributed by atoms with van der Waals surface area (Å²) in [5.74, 6) is -0.213. The van der Waals surface area contributed by atoms with Crippen molar-refractivity contribution in [3.63, 3.8) is 0 Å². The second kappa shape index (κ2) is 42.7. The van der Waals surface area contributed by atoms with E-state index >= 15 is 0 Å². The van der Waals surface area contributed by atoms with Crippen molar-refractivity contribution < 1.29 is 32.9 Å². The first-order valence-corrected chi connectivity index (χ1v) is 25.6. The molecule has 0 bridgehead atoms. The van der Waals surface area contributed by atoms with E-state index in [1.165, 1.54) is 64.2 Å². The van der Waals surface area contributed by atoms with Crippen LogP contribution in [0, 0.1) is 0 Å². The van der Waals surface area contributed by atoms with Gasteiger partial charge in [-0.05, 0) is 77.0 Å². The lowest BCUT2D eigenvalue weighted by molar-refractivity contribution is -0.870. The number of likely N-dealkylation sites (N-methyl/N-ethyl adjacent to an activating group) is 1. The summed E-state index contributed by atoms with van der Waals surface area (Å²) in [5, 5.41) is 13.7. The topological polar surface area (TPSA) is 108 Å². The molecule has 0 aromatic heterocycles. The lowest BCUT2D eigenvalue weighted by Gasteiger charge is -2.29. The minimum Gasteiger partial charge on any atom is -0.756 e. The molecular formula is C52H91N2O6P. The molecule has 0 saturated carbocycles. The molecule has 0 aromatic carbocycles. The summed E-state index contributed by atoms with van der Waals surface area (Å²) in [6, 6.07) is -0.893. The second-order valence-electron chi connectivity index (χ2n) is 17.1. The van der Waals surface area contributed by atoms with Crippen LogP contribution in [0.25, 0.3) is 0 Å². The van der Waals surface area contributed by atoms with Crippen molar-refractivity contribution in [2.45, 2.75) is 187 Å². The van der Waals surface area contributed by atoms with E-state index in [0.717, 1.165) is 89.9 Å². The number of rotatable bonds is 42. The van der Waals surface area contributed by atoms with E-state index in [-0.39, 0.29) is 19.1 Å². The van der Waals surface area contributed by atoms with Crippen LogP contribution in [0.3, 0.4) is 0 Å². The van der Waals surface area contributed by atoms with Crippen LogP contribution in [0.4, 0.5) is 0 Å². The number of nitrogens with one attached hydrogen (secondary N) is 1. The molecule has 0 aliphatic heterocycles. The fourth-order valence-electron chi connectivity index (χ4n) is 6.25. The van der Waals surface area contributed by atoms with Crippen LogP contribution >= 0.6 is 7.82 Å². The van der Waals surface area contributed by atoms with E-state index in [1.807, 2.05) is 27.2 Å². The first kappa shape index (κ1) is 58.4. The highest BCUT2D eigenvalue weighted by Gasteiger charge is 2.23. The largest absolute Gasteiger partial charge is 0.756 e. The molecule has 0 aromatic rings. The summed E-state index contributed by atoms with van der Waals surface area (Å²) in [6.45, 7) is 4.45. The molecule has 350 valence electrons. The van der Waals surface area contributed by atoms with Crippen LogP contribution < -0.4 is 10.2 Å². The number of carbonyl (C=O) groups is 1. The molecule has 0 rings (SSSR count). The van der Waals surface area contributed by atoms with Crippen molar-refractivity contribution in [2.24, 2.45) is 0 Å². The lowest BCUT2D eigenvalue weighted by atomic mass is 10.0. The standard InChI is InChI=1S/C52H91N2O6P/c1-6-8-10-12-14-16-17-18-19-20-21-22-23-24-25-26-27-28-29-30-31-32-33-34-35-36-37-38-40-42-44-46-52(56)53-50(49-60-61(57,58)59-48-47-54(3,4)5)51(55)45-43-41-39-15-13-11-9-7-2/h8,10,14,16,18-19,21-22,24-25,27-28,30-31,43,45,50-51,55H,6-7,9,11-13,15,17,20,23,26,29,32-42,44,46-49H2,1-5H3,(H-,53,56,57,58)/b10-8-,16-14-,19-18-,22-21-,25-24-,28-27-,31-30-,45-43+. The number of amides is 1. The minimum atomic E-state index is -4.59. The average Bonchev–Trinajstić information content (AvgIpc) is 3.21. The van der Waals surface area contributed by atoms with Gasteiger partial charge in [0.2, 0.25) is 5.91 Å². The summed E-state index contributed by atoms with van der Waals surface area (Å²) in [5.41, 5.74) is 0. The fraction of sp³-hybridized carbons (Fsp3) is 0.673. The highest BCUT2D eigenvalue weighted by atomic mass is 31.2. The number of hydrogen-bond acceptors (Lipinski definition) is 6. The maximum Gasteiger partial charge on any atom is 0.268 e. The van der Waals surface area contributed by atoms with Gasteiger partial charge in [-0.2, -0.15) is 0 Å². The summed E-state index contributed by atoms with van der Waals surface area (Å²) >= 11 is 0. The second-order valence-corrected chi connectivity index (χ2v) is 18.5. The molecule has 0 radical (unpaired) electrons. The normalized spacial score (nSPS) is 15.1. The van der Waals surface area contributed by atoms with Crippen LogP contribution in [0.2, 0.25) is 0 Å². The van der Waals surface area contributed by atoms with E-state index in [9.17, 15) is 19.4 Å². The number of carbonyl (C=O) groups excluding carboxylic acids is 1. The average molecular weight is 871 g/mol. The van der Waals surface area contributed by atoms with Crippen molar-refractivity contribution >= 4 is 13.7 Å². The Bertz CT molecular complexity index is 1310. The van der Waals surface area contributed by atoms with Crippen LogP contribution in [0.1, 0.15) is 174 Å². The number of hydrogen-bond donors (Lipinski definition) is 2. The van der Waals surface area contributed by atoms with Gasteiger partial charge in [0.25, 0.3) is 7.82 Å². The fourth-order valence-corrected chi connectivity index (χ4v) is 6.97. The van der Waals surface area contributed by atoms with Crippen LogP contribution in [-0.4, -0.2) is 68.5 Å². The number of aliphatic hydroxyl groups is 1. The van der Waals surface area contributed by atoms with E-state index in [1.54, 1.807) is 6.08 Å². The highest BCUT2D eigenvalue weighted by molar-refractivity contribution is 7.45. The smallest absolute Gasteiger partial charge is 0.268 e. The molecule has 0 heterocycles. The predicted molar refractivity (Wildman–Crippen MR) is 260 cm³/mol. The summed E-state index contributed by atoms with van der Waals surface area (Å²) in [7, 11) is 1.24. The molecule has 8 nitrogen and oxygen atoms in total. The molecule has 0 saturated heterocycles. The number of phosphoric ester groups is 1. The third-order valence-electron chi connectivity index (χ3n) is 10.0. The molecule has 2 N–H and O–H groups in total. The van der Waals surface area contributed by atoms with Crippen molar-refractivity contribution in [3.05, 3.63) is 97.2 Å². The van der Waals surface area contributed by atoms with Gasteiger partial charge in [-0.1, -0.05) is 188 Å². The number of allylic oxidation sites excluding steroid dienone is 15. The Morgan fingerprint density at radius 2 is 1.00 bits per heavy atom. The van der Waals surface area contributed by atoms with Crippen LogP contribution in [0.5, 0.6) is 0 Å². The van der Waals surface area contributed by atoms with Crippen LogP contribution in [-0.2, 0) is 18.4 Å². The van der Waals surface area contributed by atoms with Gasteiger partial charge in [-0.3, -0.25) is 9.36 Å². The third kappa shape index (κ3) is 45.3. The third-order valence-corrected chi connectivity index (χ3v) is 11.0. The van der Waals surface area contributed by atoms with E-state index in [0.29, 0.717) is 17.4 Å². The van der Waals surface area contributed by atoms with E-state index in [4.69, 9.17) is 9.05 Å². The molecule has 0 spiro atoms. The summed E-state index contributed by atoms with van der Waals surface area (Å²) in [4.78, 5) is 25.2. The van der Waals surface area contributed by atoms with Gasteiger partial charge < -0.3 is 28.8 Å². The zero-order chi connectivity index (χ0) is 45.0. The van der Waals surface area contributed by atoms with Gasteiger partial charge in [-0.25, -0.2) is 0 Å². The molecule has 0 fully saturated rings. The molecule has 61 heavy (non-hydrogen) atoms. The van der Waals surface area contributed by atoms with Crippen molar-refractivity contribution in [2.75, 3.05) is 40.9 Å². The molecule has 0 aliphatic carbocycles. The Morgan fingerprint density at radius 3 is 1.46 bits per heavy atom. The predicted octanol–water partition coefficient (Wildman–Crippen LogP) is 13.3. The highest BCUT2D eigenvalue weighted by Crippen LogP contribution is 2.38. The maximum absolute atomic E-state index is 12.8. The zero-order valence-electron chi connectivity index (χ0n) is 39.6. The summed E-state index contributed by atoms with van der Waals surface area (Å²) in [6.07, 6.45) is 60.5. The molecular weight excluding hydrogens is 780 g/mol. The van der Waals surface area contributed by atoms with Crippen molar-refractivity contribution in [3.8, 4) is 0 Å². The Balaban J connectivity index is 4.13. The SMILES string of the molecule is CC/C=C\C/C=C\C/C=C\C/C=C\C/C=C\C/C=C\C/C=C\CCCCCCCCCCCC(=O)NC(COP(=O)([O-])OCC[N+](C)(C)C)C(O)/C=C/CCCCCCCC. The number of phosphoric acid groups is 1. The van der Waals surface area contributed by atoms with Gasteiger partial charge in [0.15, 0.2) is 0 Å². The molecule has 3 unspecified atom stereocenters. The number of aliphatic hydroxyl groups excluding tert-OH is 1. The Kier molecular flexibility index (Phi) is 40.9. The van der Waals surface area contributed by atoms with Gasteiger partial charge in [0, 0.05) is 6.42 Å². The molecule has 3 atom stereocenters. The Hall–Kier alpha value is -2.58. The summed E-state index contributed by atoms with van der Waals surface area (Å²) < 4.78 is 23.1. The lowest BCUT2D eigenvalue weighted by Crippen LogP contribution is -2.45. The van der Waals surface area contributed by atoms with Gasteiger partial charge in [0.05, 0.1) is 39.9 Å².